The number of imide groups is 1. The average molecular weight is 434 g/mol. The number of nitrogens with one attached hydrogen (secondary N) is 2. The molecule has 3 rings (SSSR count). The zero-order chi connectivity index (χ0) is 18.4. The molecule has 1 aromatic carbocycles. The monoisotopic (exact) mass is 433 g/mol. The first-order valence-corrected chi connectivity index (χ1v) is 8.92. The highest BCUT2D eigenvalue weighted by Gasteiger charge is 2.12. The van der Waals surface area contributed by atoms with Crippen molar-refractivity contribution in [3.8, 4) is 11.6 Å². The Morgan fingerprint density at radius 2 is 1.92 bits per heavy atom. The molecule has 26 heavy (non-hydrogen) atoms. The highest BCUT2D eigenvalue weighted by molar-refractivity contribution is 9.10. The molecular formula is C17H12BrN3O4S. The predicted molar refractivity (Wildman–Crippen MR) is 99.0 cm³/mol. The van der Waals surface area contributed by atoms with E-state index in [4.69, 9.17) is 9.15 Å². The van der Waals surface area contributed by atoms with Crippen molar-refractivity contribution in [1.29, 1.82) is 0 Å². The van der Waals surface area contributed by atoms with E-state index in [1.165, 1.54) is 12.3 Å². The Hall–Kier alpha value is -2.78. The number of amides is 3. The lowest BCUT2D eigenvalue weighted by molar-refractivity contribution is 0.0938. The third kappa shape index (κ3) is 5.11. The number of furan rings is 1. The standard InChI is InChI=1S/C17H12BrN3O4S/c18-11-3-8-15(19-10-11)25-12-4-6-13(7-5-12)26-21-17(23)20-16(22)14-2-1-9-24-14/h1-10H,(H2,20,21,22,23). The maximum atomic E-state index is 11.7. The third-order valence-corrected chi connectivity index (χ3v) is 4.24. The minimum absolute atomic E-state index is 0.0632. The molecule has 3 amide bonds. The summed E-state index contributed by atoms with van der Waals surface area (Å²) >= 11 is 4.37. The molecular weight excluding hydrogens is 422 g/mol. The minimum atomic E-state index is -0.643. The number of urea groups is 1. The Bertz CT molecular complexity index is 883. The Kier molecular flexibility index (Phi) is 5.92. The number of carbonyl (C=O) groups excluding carboxylic acids is 2. The zero-order valence-corrected chi connectivity index (χ0v) is 15.5. The van der Waals surface area contributed by atoms with Crippen molar-refractivity contribution in [2.45, 2.75) is 4.90 Å². The molecule has 0 radical (unpaired) electrons. The van der Waals surface area contributed by atoms with E-state index in [0.717, 1.165) is 21.3 Å². The molecule has 0 bridgehead atoms. The quantitative estimate of drug-likeness (QED) is 0.579. The molecule has 0 atom stereocenters. The Labute approximate surface area is 161 Å². The van der Waals surface area contributed by atoms with Crippen LogP contribution in [0.4, 0.5) is 4.79 Å². The molecule has 9 heteroatoms. The number of aromatic nitrogens is 1. The highest BCUT2D eigenvalue weighted by Crippen LogP contribution is 2.23. The molecule has 0 fully saturated rings. The Morgan fingerprint density at radius 3 is 2.58 bits per heavy atom. The van der Waals surface area contributed by atoms with Gasteiger partial charge in [-0.1, -0.05) is 0 Å². The van der Waals surface area contributed by atoms with Crippen molar-refractivity contribution in [2.75, 3.05) is 0 Å². The van der Waals surface area contributed by atoms with Gasteiger partial charge in [-0.15, -0.1) is 0 Å². The number of carbonyl (C=O) groups is 2. The van der Waals surface area contributed by atoms with Gasteiger partial charge in [0.1, 0.15) is 5.75 Å². The van der Waals surface area contributed by atoms with Crippen molar-refractivity contribution < 1.29 is 18.7 Å². The topological polar surface area (TPSA) is 93.5 Å². The summed E-state index contributed by atoms with van der Waals surface area (Å²) < 4.78 is 13.9. The zero-order valence-electron chi connectivity index (χ0n) is 13.1. The lowest BCUT2D eigenvalue weighted by atomic mass is 10.3. The first-order valence-electron chi connectivity index (χ1n) is 7.31. The summed E-state index contributed by atoms with van der Waals surface area (Å²) in [7, 11) is 0. The van der Waals surface area contributed by atoms with Gasteiger partial charge in [0, 0.05) is 21.6 Å². The number of hydrogen-bond donors (Lipinski definition) is 2. The molecule has 0 saturated carbocycles. The SMILES string of the molecule is O=C(NSc1ccc(Oc2ccc(Br)cn2)cc1)NC(=O)c1ccco1. The van der Waals surface area contributed by atoms with Crippen molar-refractivity contribution >= 4 is 39.8 Å². The first kappa shape index (κ1) is 18.0. The van der Waals surface area contributed by atoms with Crippen LogP contribution in [-0.4, -0.2) is 16.9 Å². The fourth-order valence-corrected chi connectivity index (χ4v) is 2.59. The molecule has 0 aliphatic rings. The molecule has 2 aromatic heterocycles. The molecule has 0 unspecified atom stereocenters. The number of nitrogens with zero attached hydrogens (tertiary/aromatic N) is 1. The van der Waals surface area contributed by atoms with Crippen LogP contribution in [0.25, 0.3) is 0 Å². The van der Waals surface area contributed by atoms with Gasteiger partial charge in [0.05, 0.1) is 6.26 Å². The van der Waals surface area contributed by atoms with Gasteiger partial charge in [0.25, 0.3) is 5.91 Å². The van der Waals surface area contributed by atoms with E-state index < -0.39 is 11.9 Å². The van der Waals surface area contributed by atoms with Crippen LogP contribution >= 0.6 is 27.9 Å². The maximum absolute atomic E-state index is 11.7. The number of benzene rings is 1. The van der Waals surface area contributed by atoms with E-state index >= 15 is 0 Å². The van der Waals surface area contributed by atoms with E-state index in [0.29, 0.717) is 11.6 Å². The highest BCUT2D eigenvalue weighted by atomic mass is 79.9. The van der Waals surface area contributed by atoms with Crippen molar-refractivity contribution in [3.05, 3.63) is 71.2 Å². The Morgan fingerprint density at radius 1 is 1.12 bits per heavy atom. The molecule has 3 aromatic rings. The molecule has 7 nitrogen and oxygen atoms in total. The van der Waals surface area contributed by atoms with Crippen LogP contribution in [-0.2, 0) is 0 Å². The number of rotatable bonds is 5. The normalized spacial score (nSPS) is 10.2. The summed E-state index contributed by atoms with van der Waals surface area (Å²) in [5.41, 5.74) is 0. The van der Waals surface area contributed by atoms with Crippen LogP contribution in [0.3, 0.4) is 0 Å². The number of halogens is 1. The minimum Gasteiger partial charge on any atom is -0.459 e. The van der Waals surface area contributed by atoms with Crippen molar-refractivity contribution in [3.63, 3.8) is 0 Å². The second-order valence-electron chi connectivity index (χ2n) is 4.85. The molecule has 132 valence electrons. The maximum Gasteiger partial charge on any atom is 0.332 e. The molecule has 0 aliphatic carbocycles. The van der Waals surface area contributed by atoms with Crippen LogP contribution in [0, 0.1) is 0 Å². The Balaban J connectivity index is 1.48. The largest absolute Gasteiger partial charge is 0.459 e. The average Bonchev–Trinajstić information content (AvgIpc) is 3.18. The molecule has 0 aliphatic heterocycles. The van der Waals surface area contributed by atoms with Crippen LogP contribution in [0.5, 0.6) is 11.6 Å². The second-order valence-corrected chi connectivity index (χ2v) is 6.65. The van der Waals surface area contributed by atoms with E-state index in [1.54, 1.807) is 42.6 Å². The first-order chi connectivity index (χ1) is 12.6. The van der Waals surface area contributed by atoms with Crippen LogP contribution in [0.2, 0.25) is 0 Å². The van der Waals surface area contributed by atoms with E-state index in [9.17, 15) is 9.59 Å². The third-order valence-electron chi connectivity index (χ3n) is 2.98. The van der Waals surface area contributed by atoms with Crippen LogP contribution in [0.1, 0.15) is 10.6 Å². The summed E-state index contributed by atoms with van der Waals surface area (Å²) in [6.45, 7) is 0. The predicted octanol–water partition coefficient (Wildman–Crippen LogP) is 4.38. The summed E-state index contributed by atoms with van der Waals surface area (Å²) in [5, 5.41) is 2.16. The van der Waals surface area contributed by atoms with E-state index in [-0.39, 0.29) is 5.76 Å². The summed E-state index contributed by atoms with van der Waals surface area (Å²) in [4.78, 5) is 28.3. The summed E-state index contributed by atoms with van der Waals surface area (Å²) in [6, 6.07) is 13.0. The van der Waals surface area contributed by atoms with Gasteiger partial charge in [-0.3, -0.25) is 14.8 Å². The van der Waals surface area contributed by atoms with Gasteiger partial charge < -0.3 is 9.15 Å². The lowest BCUT2D eigenvalue weighted by Gasteiger charge is -2.07. The summed E-state index contributed by atoms with van der Waals surface area (Å²) in [6.07, 6.45) is 3.00. The molecule has 0 spiro atoms. The number of ether oxygens (including phenoxy) is 1. The van der Waals surface area contributed by atoms with Crippen molar-refractivity contribution in [1.82, 2.24) is 15.0 Å². The fourth-order valence-electron chi connectivity index (χ4n) is 1.82. The number of pyridine rings is 1. The van der Waals surface area contributed by atoms with Crippen molar-refractivity contribution in [2.24, 2.45) is 0 Å². The van der Waals surface area contributed by atoms with E-state index in [1.807, 2.05) is 6.07 Å². The molecule has 2 N–H and O–H groups in total. The molecule has 0 saturated heterocycles. The summed E-state index contributed by atoms with van der Waals surface area (Å²) in [5.74, 6) is 0.538. The second kappa shape index (κ2) is 8.54. The van der Waals surface area contributed by atoms with Crippen LogP contribution < -0.4 is 14.8 Å². The lowest BCUT2D eigenvalue weighted by Crippen LogP contribution is -2.36. The van der Waals surface area contributed by atoms with Crippen LogP contribution in [0.15, 0.2) is 74.8 Å². The van der Waals surface area contributed by atoms with Gasteiger partial charge in [0.15, 0.2) is 5.76 Å². The molecule has 2 heterocycles. The van der Waals surface area contributed by atoms with Gasteiger partial charge >= 0.3 is 6.03 Å². The number of hydrogen-bond acceptors (Lipinski definition) is 6. The van der Waals surface area contributed by atoms with E-state index in [2.05, 4.69) is 31.0 Å². The van der Waals surface area contributed by atoms with Gasteiger partial charge in [-0.25, -0.2) is 9.78 Å². The van der Waals surface area contributed by atoms with Gasteiger partial charge in [0.2, 0.25) is 5.88 Å². The fraction of sp³-hybridized carbons (Fsp3) is 0. The smallest absolute Gasteiger partial charge is 0.332 e. The van der Waals surface area contributed by atoms with Gasteiger partial charge in [-0.05, 0) is 70.3 Å². The van der Waals surface area contributed by atoms with Gasteiger partial charge in [-0.2, -0.15) is 0 Å².